The Morgan fingerprint density at radius 3 is 1.00 bits per heavy atom. The highest BCUT2D eigenvalue weighted by Gasteiger charge is 2.07. The minimum absolute atomic E-state index is 0.411. The van der Waals surface area contributed by atoms with Gasteiger partial charge in [0.25, 0.3) is 0 Å². The van der Waals surface area contributed by atoms with E-state index in [1.165, 1.54) is 128 Å². The summed E-state index contributed by atoms with van der Waals surface area (Å²) >= 11 is 0. The van der Waals surface area contributed by atoms with Crippen molar-refractivity contribution in [3.05, 3.63) is 0 Å². The first-order valence-electron chi connectivity index (χ1n) is 12.7. The van der Waals surface area contributed by atoms with E-state index in [0.717, 1.165) is 0 Å². The summed E-state index contributed by atoms with van der Waals surface area (Å²) in [4.78, 5) is 21.6. The van der Waals surface area contributed by atoms with Gasteiger partial charge in [-0.3, -0.25) is 0 Å². The maximum Gasteiger partial charge on any atom is 0.466 e. The molecular weight excluding hydrogens is 399 g/mol. The number of phosphoric acid groups is 1. The zero-order chi connectivity index (χ0) is 22.9. The van der Waals surface area contributed by atoms with E-state index in [1.54, 1.807) is 0 Å². The van der Waals surface area contributed by atoms with Crippen LogP contribution >= 0.6 is 7.82 Å². The molecule has 0 aliphatic heterocycles. The van der Waals surface area contributed by atoms with Gasteiger partial charge in [0.1, 0.15) is 0 Å². The smallest absolute Gasteiger partial charge is 0.396 e. The van der Waals surface area contributed by atoms with Crippen LogP contribution in [0.1, 0.15) is 142 Å². The van der Waals surface area contributed by atoms with Gasteiger partial charge in [0.2, 0.25) is 0 Å². The third-order valence-corrected chi connectivity index (χ3v) is 5.69. The zero-order valence-corrected chi connectivity index (χ0v) is 21.0. The Morgan fingerprint density at radius 1 is 0.533 bits per heavy atom. The van der Waals surface area contributed by atoms with E-state index >= 15 is 0 Å². The van der Waals surface area contributed by atoms with E-state index in [0.29, 0.717) is 12.5 Å². The van der Waals surface area contributed by atoms with Crippen molar-refractivity contribution in [3.8, 4) is 0 Å². The van der Waals surface area contributed by atoms with Crippen LogP contribution in [0.15, 0.2) is 0 Å². The molecule has 0 aromatic carbocycles. The number of aliphatic hydroxyl groups is 1. The van der Waals surface area contributed by atoms with Crippen LogP contribution in [0.25, 0.3) is 0 Å². The van der Waals surface area contributed by atoms with Gasteiger partial charge in [0, 0.05) is 6.61 Å². The van der Waals surface area contributed by atoms with Gasteiger partial charge in [0.15, 0.2) is 0 Å². The maximum absolute atomic E-state index is 9.57. The summed E-state index contributed by atoms with van der Waals surface area (Å²) in [6.45, 7) is 4.98. The summed E-state index contributed by atoms with van der Waals surface area (Å²) in [5.41, 5.74) is 0. The van der Waals surface area contributed by atoms with E-state index in [4.69, 9.17) is 19.2 Å². The number of rotatable bonds is 21. The lowest BCUT2D eigenvalue weighted by molar-refractivity contribution is 0.204. The van der Waals surface area contributed by atoms with Gasteiger partial charge in [0.05, 0.1) is 0 Å². The third kappa shape index (κ3) is 35.5. The Bertz CT molecular complexity index is 351. The second-order valence-corrected chi connectivity index (χ2v) is 9.82. The third-order valence-electron chi connectivity index (χ3n) is 5.69. The molecule has 0 aromatic heterocycles. The second-order valence-electron chi connectivity index (χ2n) is 8.80. The normalized spacial score (nSPS) is 12.5. The van der Waals surface area contributed by atoms with Crippen molar-refractivity contribution in [1.82, 2.24) is 0 Å². The molecule has 6 heteroatoms. The van der Waals surface area contributed by atoms with Crippen LogP contribution in [-0.4, -0.2) is 26.4 Å². The Hall–Kier alpha value is 0.0700. The summed E-state index contributed by atoms with van der Waals surface area (Å²) < 4.78 is 8.88. The molecule has 0 bridgehead atoms. The first-order chi connectivity index (χ1) is 14.3. The van der Waals surface area contributed by atoms with Gasteiger partial charge < -0.3 is 19.8 Å². The molecule has 4 N–H and O–H groups in total. The van der Waals surface area contributed by atoms with E-state index < -0.39 is 7.82 Å². The standard InChI is InChI=1S/C24H50O.H3O4P/c1-3-5-7-9-11-13-14-16-18-20-22-24(23-25)21-19-17-15-12-10-8-6-4-2;1-5(2,3)4/h24-25H,3-23H2,1-2H3;(H3,1,2,3,4). The lowest BCUT2D eigenvalue weighted by atomic mass is 9.94. The summed E-state index contributed by atoms with van der Waals surface area (Å²) in [5.74, 6) is 0.578. The van der Waals surface area contributed by atoms with Gasteiger partial charge in [-0.15, -0.1) is 0 Å². The summed E-state index contributed by atoms with van der Waals surface area (Å²) in [6.07, 6.45) is 27.7. The van der Waals surface area contributed by atoms with Gasteiger partial charge in [-0.05, 0) is 18.8 Å². The van der Waals surface area contributed by atoms with Crippen LogP contribution in [0.3, 0.4) is 0 Å². The predicted molar refractivity (Wildman–Crippen MR) is 129 cm³/mol. The fourth-order valence-electron chi connectivity index (χ4n) is 3.81. The molecule has 0 aliphatic rings. The number of hydrogen-bond acceptors (Lipinski definition) is 2. The van der Waals surface area contributed by atoms with Crippen LogP contribution in [0.5, 0.6) is 0 Å². The second kappa shape index (κ2) is 25.3. The molecular formula is C24H53O5P. The molecule has 0 saturated carbocycles. The van der Waals surface area contributed by atoms with Crippen molar-refractivity contribution >= 4 is 7.82 Å². The van der Waals surface area contributed by atoms with Crippen molar-refractivity contribution in [2.45, 2.75) is 142 Å². The molecule has 0 amide bonds. The molecule has 0 radical (unpaired) electrons. The van der Waals surface area contributed by atoms with E-state index in [9.17, 15) is 5.11 Å². The van der Waals surface area contributed by atoms with Gasteiger partial charge in [-0.2, -0.15) is 0 Å². The lowest BCUT2D eigenvalue weighted by Gasteiger charge is -2.13. The molecule has 5 nitrogen and oxygen atoms in total. The summed E-state index contributed by atoms with van der Waals surface area (Å²) in [5, 5.41) is 9.57. The highest BCUT2D eigenvalue weighted by atomic mass is 31.2. The Morgan fingerprint density at radius 2 is 0.767 bits per heavy atom. The van der Waals surface area contributed by atoms with Crippen molar-refractivity contribution in [3.63, 3.8) is 0 Å². The summed E-state index contributed by atoms with van der Waals surface area (Å²) in [6, 6.07) is 0. The highest BCUT2D eigenvalue weighted by molar-refractivity contribution is 7.45. The minimum atomic E-state index is -4.64. The van der Waals surface area contributed by atoms with E-state index in [1.807, 2.05) is 0 Å². The molecule has 0 aliphatic carbocycles. The molecule has 0 saturated heterocycles. The SMILES string of the molecule is CCCCCCCCCCCCC(CO)CCCCCCCCCC.O=P(O)(O)O. The number of unbranched alkanes of at least 4 members (excludes halogenated alkanes) is 16. The van der Waals surface area contributed by atoms with Crippen molar-refractivity contribution < 1.29 is 24.4 Å². The van der Waals surface area contributed by atoms with Crippen LogP contribution < -0.4 is 0 Å². The van der Waals surface area contributed by atoms with Gasteiger partial charge >= 0.3 is 7.82 Å². The number of aliphatic hydroxyl groups excluding tert-OH is 1. The molecule has 0 heterocycles. The van der Waals surface area contributed by atoms with Crippen LogP contribution in [0, 0.1) is 5.92 Å². The largest absolute Gasteiger partial charge is 0.466 e. The fourth-order valence-corrected chi connectivity index (χ4v) is 3.81. The topological polar surface area (TPSA) is 98.0 Å². The molecule has 0 aromatic rings. The molecule has 0 fully saturated rings. The van der Waals surface area contributed by atoms with Gasteiger partial charge in [-0.1, -0.05) is 129 Å². The minimum Gasteiger partial charge on any atom is -0.396 e. The lowest BCUT2D eigenvalue weighted by Crippen LogP contribution is -2.06. The van der Waals surface area contributed by atoms with Crippen LogP contribution in [-0.2, 0) is 4.57 Å². The highest BCUT2D eigenvalue weighted by Crippen LogP contribution is 2.25. The Kier molecular flexibility index (Phi) is 27.2. The maximum atomic E-state index is 9.57. The Balaban J connectivity index is 0. The molecule has 0 rings (SSSR count). The molecule has 0 spiro atoms. The number of hydrogen-bond donors (Lipinski definition) is 4. The molecule has 184 valence electrons. The fraction of sp³-hybridized carbons (Fsp3) is 1.00. The van der Waals surface area contributed by atoms with Crippen molar-refractivity contribution in [2.75, 3.05) is 6.61 Å². The average Bonchev–Trinajstić information content (AvgIpc) is 2.68. The van der Waals surface area contributed by atoms with Crippen molar-refractivity contribution in [2.24, 2.45) is 5.92 Å². The molecule has 30 heavy (non-hydrogen) atoms. The summed E-state index contributed by atoms with van der Waals surface area (Å²) in [7, 11) is -4.64. The van der Waals surface area contributed by atoms with Gasteiger partial charge in [-0.25, -0.2) is 4.57 Å². The van der Waals surface area contributed by atoms with Crippen LogP contribution in [0.4, 0.5) is 0 Å². The van der Waals surface area contributed by atoms with E-state index in [2.05, 4.69) is 13.8 Å². The quantitative estimate of drug-likeness (QED) is 0.107. The predicted octanol–water partition coefficient (Wildman–Crippen LogP) is 7.51. The monoisotopic (exact) mass is 452 g/mol. The Labute approximate surface area is 187 Å². The molecule has 1 atom stereocenters. The zero-order valence-electron chi connectivity index (χ0n) is 20.1. The average molecular weight is 453 g/mol. The molecule has 1 unspecified atom stereocenters. The van der Waals surface area contributed by atoms with Crippen molar-refractivity contribution in [1.29, 1.82) is 0 Å². The van der Waals surface area contributed by atoms with E-state index in [-0.39, 0.29) is 0 Å². The first kappa shape index (κ1) is 32.3. The van der Waals surface area contributed by atoms with Crippen LogP contribution in [0.2, 0.25) is 0 Å². The first-order valence-corrected chi connectivity index (χ1v) is 14.3.